The second-order valence-corrected chi connectivity index (χ2v) is 7.09. The molecule has 3 aliphatic rings. The number of carbonyl (C=O) groups excluding carboxylic acids is 1. The first-order chi connectivity index (χ1) is 11.5. The van der Waals surface area contributed by atoms with Gasteiger partial charge in [0.2, 0.25) is 5.91 Å². The summed E-state index contributed by atoms with van der Waals surface area (Å²) >= 11 is 0. The number of nitrogens with zero attached hydrogens (tertiary/aromatic N) is 1. The monoisotopic (exact) mass is 337 g/mol. The minimum Gasteiger partial charge on any atom is -0.347 e. The van der Waals surface area contributed by atoms with Gasteiger partial charge in [-0.15, -0.1) is 0 Å². The Balaban J connectivity index is 1.37. The van der Waals surface area contributed by atoms with Crippen LogP contribution in [0, 0.1) is 17.6 Å². The number of halogens is 2. The van der Waals surface area contributed by atoms with E-state index >= 15 is 0 Å². The highest BCUT2D eigenvalue weighted by Gasteiger charge is 2.49. The van der Waals surface area contributed by atoms with E-state index < -0.39 is 17.4 Å². The number of amides is 1. The maximum absolute atomic E-state index is 13.9. The van der Waals surface area contributed by atoms with Crippen molar-refractivity contribution >= 4 is 5.91 Å². The van der Waals surface area contributed by atoms with Crippen LogP contribution in [-0.4, -0.2) is 42.4 Å². The highest BCUT2D eigenvalue weighted by molar-refractivity contribution is 5.83. The van der Waals surface area contributed by atoms with Crippen molar-refractivity contribution in [2.45, 2.75) is 44.0 Å². The topological polar surface area (TPSA) is 38.8 Å². The molecular weight excluding hydrogens is 316 g/mol. The van der Waals surface area contributed by atoms with Gasteiger partial charge in [-0.05, 0) is 43.0 Å². The number of benzene rings is 1. The molecule has 0 aromatic heterocycles. The Morgan fingerprint density at radius 1 is 1.29 bits per heavy atom. The van der Waals surface area contributed by atoms with Gasteiger partial charge in [0.05, 0.1) is 12.7 Å². The number of ether oxygens (including phenoxy) is 2. The molecule has 1 aromatic carbocycles. The Bertz CT molecular complexity index is 658. The third kappa shape index (κ3) is 2.82. The fraction of sp³-hybridized carbons (Fsp3) is 0.611. The molecule has 4 nitrogen and oxygen atoms in total. The van der Waals surface area contributed by atoms with Gasteiger partial charge in [0, 0.05) is 31.8 Å². The molecule has 1 saturated carbocycles. The molecule has 3 fully saturated rings. The summed E-state index contributed by atoms with van der Waals surface area (Å²) in [5.74, 6) is -1.84. The van der Waals surface area contributed by atoms with Crippen LogP contribution in [0.25, 0.3) is 0 Å². The Morgan fingerprint density at radius 2 is 2.04 bits per heavy atom. The fourth-order valence-corrected chi connectivity index (χ4v) is 3.88. The van der Waals surface area contributed by atoms with Crippen molar-refractivity contribution in [3.63, 3.8) is 0 Å². The number of carbonyl (C=O) groups is 1. The number of likely N-dealkylation sites (tertiary alicyclic amines) is 1. The van der Waals surface area contributed by atoms with Gasteiger partial charge >= 0.3 is 0 Å². The van der Waals surface area contributed by atoms with E-state index in [0.29, 0.717) is 44.5 Å². The van der Waals surface area contributed by atoms with Crippen LogP contribution in [0.5, 0.6) is 0 Å². The van der Waals surface area contributed by atoms with Crippen LogP contribution >= 0.6 is 0 Å². The maximum atomic E-state index is 13.9. The van der Waals surface area contributed by atoms with E-state index in [-0.39, 0.29) is 23.8 Å². The van der Waals surface area contributed by atoms with Gasteiger partial charge in [0.25, 0.3) is 0 Å². The molecule has 0 unspecified atom stereocenters. The molecule has 3 atom stereocenters. The number of hydrogen-bond donors (Lipinski definition) is 0. The van der Waals surface area contributed by atoms with E-state index in [4.69, 9.17) is 9.47 Å². The molecule has 0 N–H and O–H groups in total. The van der Waals surface area contributed by atoms with Gasteiger partial charge in [-0.1, -0.05) is 0 Å². The van der Waals surface area contributed by atoms with Gasteiger partial charge in [0.15, 0.2) is 5.79 Å². The van der Waals surface area contributed by atoms with Crippen LogP contribution in [0.4, 0.5) is 8.78 Å². The highest BCUT2D eigenvalue weighted by Crippen LogP contribution is 2.50. The lowest BCUT2D eigenvalue weighted by Crippen LogP contribution is -2.48. The normalized spacial score (nSPS) is 31.5. The molecule has 1 spiro atoms. The van der Waals surface area contributed by atoms with Crippen molar-refractivity contribution in [3.05, 3.63) is 35.4 Å². The average Bonchev–Trinajstić information content (AvgIpc) is 3.28. The Hall–Kier alpha value is -1.53. The number of hydrogen-bond acceptors (Lipinski definition) is 3. The molecule has 4 rings (SSSR count). The molecule has 1 aliphatic carbocycles. The smallest absolute Gasteiger partial charge is 0.226 e. The predicted octanol–water partition coefficient (Wildman–Crippen LogP) is 2.82. The van der Waals surface area contributed by atoms with Crippen molar-refractivity contribution < 1.29 is 23.0 Å². The second kappa shape index (κ2) is 5.77. The minimum absolute atomic E-state index is 0.0320. The third-order valence-electron chi connectivity index (χ3n) is 5.30. The standard InChI is InChI=1S/C18H21F2NO3/c1-11-10-23-18(24-11)4-6-21(7-5-18)17(22)15-9-13(15)14-8-12(19)2-3-16(14)20/h2-3,8,11,13,15H,4-7,9-10H2,1H3/t11-,13+,15+/m1/s1. The fourth-order valence-electron chi connectivity index (χ4n) is 3.88. The average molecular weight is 337 g/mol. The van der Waals surface area contributed by atoms with Crippen molar-refractivity contribution in [2.24, 2.45) is 5.92 Å². The van der Waals surface area contributed by atoms with Gasteiger partial charge in [0.1, 0.15) is 11.6 Å². The zero-order valence-corrected chi connectivity index (χ0v) is 13.6. The summed E-state index contributed by atoms with van der Waals surface area (Å²) in [6, 6.07) is 3.44. The number of rotatable bonds is 2. The Morgan fingerprint density at radius 3 is 2.71 bits per heavy atom. The van der Waals surface area contributed by atoms with E-state index in [0.717, 1.165) is 12.1 Å². The summed E-state index contributed by atoms with van der Waals surface area (Å²) in [6.45, 7) is 3.74. The zero-order valence-electron chi connectivity index (χ0n) is 13.6. The first kappa shape index (κ1) is 16.0. The summed E-state index contributed by atoms with van der Waals surface area (Å²) in [5.41, 5.74) is 0.318. The van der Waals surface area contributed by atoms with E-state index in [2.05, 4.69) is 0 Å². The van der Waals surface area contributed by atoms with Crippen molar-refractivity contribution in [1.82, 2.24) is 4.90 Å². The molecule has 1 amide bonds. The molecule has 0 bridgehead atoms. The predicted molar refractivity (Wildman–Crippen MR) is 82.3 cm³/mol. The SMILES string of the molecule is C[C@@H]1COC2(CCN(C(=O)[C@H]3C[C@H]3c3cc(F)ccc3F)CC2)O1. The molecular formula is C18H21F2NO3. The number of piperidine rings is 1. The second-order valence-electron chi connectivity index (χ2n) is 7.09. The van der Waals surface area contributed by atoms with Crippen LogP contribution in [-0.2, 0) is 14.3 Å². The molecule has 2 aliphatic heterocycles. The van der Waals surface area contributed by atoms with Crippen LogP contribution in [0.1, 0.15) is 37.7 Å². The van der Waals surface area contributed by atoms with Gasteiger partial charge < -0.3 is 14.4 Å². The molecule has 130 valence electrons. The molecule has 24 heavy (non-hydrogen) atoms. The summed E-state index contributed by atoms with van der Waals surface area (Å²) < 4.78 is 38.8. The molecule has 6 heteroatoms. The minimum atomic E-state index is -0.534. The third-order valence-corrected chi connectivity index (χ3v) is 5.30. The Labute approximate surface area is 139 Å². The quantitative estimate of drug-likeness (QED) is 0.833. The lowest BCUT2D eigenvalue weighted by Gasteiger charge is -2.38. The summed E-state index contributed by atoms with van der Waals surface area (Å²) in [4.78, 5) is 14.4. The first-order valence-electron chi connectivity index (χ1n) is 8.53. The van der Waals surface area contributed by atoms with Gasteiger partial charge in [-0.3, -0.25) is 4.79 Å². The Kier molecular flexibility index (Phi) is 3.84. The molecule has 2 saturated heterocycles. The molecule has 0 radical (unpaired) electrons. The lowest BCUT2D eigenvalue weighted by molar-refractivity contribution is -0.195. The summed E-state index contributed by atoms with van der Waals surface area (Å²) in [5, 5.41) is 0. The molecule has 1 aromatic rings. The zero-order chi connectivity index (χ0) is 16.9. The van der Waals surface area contributed by atoms with E-state index in [9.17, 15) is 13.6 Å². The van der Waals surface area contributed by atoms with Crippen LogP contribution in [0.2, 0.25) is 0 Å². The largest absolute Gasteiger partial charge is 0.347 e. The van der Waals surface area contributed by atoms with Crippen LogP contribution < -0.4 is 0 Å². The van der Waals surface area contributed by atoms with E-state index in [1.54, 1.807) is 0 Å². The van der Waals surface area contributed by atoms with Crippen LogP contribution in [0.15, 0.2) is 18.2 Å². The lowest BCUT2D eigenvalue weighted by atomic mass is 10.0. The maximum Gasteiger partial charge on any atom is 0.226 e. The highest BCUT2D eigenvalue weighted by atomic mass is 19.1. The summed E-state index contributed by atoms with van der Waals surface area (Å²) in [7, 11) is 0. The van der Waals surface area contributed by atoms with Crippen molar-refractivity contribution in [2.75, 3.05) is 19.7 Å². The first-order valence-corrected chi connectivity index (χ1v) is 8.53. The van der Waals surface area contributed by atoms with Crippen molar-refractivity contribution in [3.8, 4) is 0 Å². The van der Waals surface area contributed by atoms with Crippen LogP contribution in [0.3, 0.4) is 0 Å². The molecule has 2 heterocycles. The van der Waals surface area contributed by atoms with E-state index in [1.807, 2.05) is 11.8 Å². The van der Waals surface area contributed by atoms with Gasteiger partial charge in [-0.2, -0.15) is 0 Å². The summed E-state index contributed by atoms with van der Waals surface area (Å²) in [6.07, 6.45) is 2.00. The van der Waals surface area contributed by atoms with Crippen molar-refractivity contribution in [1.29, 1.82) is 0 Å². The van der Waals surface area contributed by atoms with E-state index in [1.165, 1.54) is 6.07 Å². The van der Waals surface area contributed by atoms with Gasteiger partial charge in [-0.25, -0.2) is 8.78 Å².